The second-order valence-corrected chi connectivity index (χ2v) is 12.9. The van der Waals surface area contributed by atoms with E-state index in [9.17, 15) is 9.90 Å². The van der Waals surface area contributed by atoms with Crippen LogP contribution in [-0.2, 0) is 15.6 Å². The topological polar surface area (TPSA) is 92.4 Å². The van der Waals surface area contributed by atoms with Gasteiger partial charge >= 0.3 is 0 Å². The lowest BCUT2D eigenvalue weighted by molar-refractivity contribution is -0.118. The van der Waals surface area contributed by atoms with E-state index in [1.807, 2.05) is 71.3 Å². The molecule has 0 saturated heterocycles. The van der Waals surface area contributed by atoms with E-state index in [1.165, 1.54) is 11.8 Å². The first kappa shape index (κ1) is 29.4. The Kier molecular flexibility index (Phi) is 8.71. The van der Waals surface area contributed by atoms with Gasteiger partial charge in [-0.1, -0.05) is 83.1 Å². The molecule has 0 saturated carbocycles. The van der Waals surface area contributed by atoms with E-state index in [0.717, 1.165) is 27.9 Å². The summed E-state index contributed by atoms with van der Waals surface area (Å²) in [5.41, 5.74) is 6.31. The summed E-state index contributed by atoms with van der Waals surface area (Å²) >= 11 is 7.35. The Labute approximate surface area is 244 Å². The van der Waals surface area contributed by atoms with Gasteiger partial charge in [0.15, 0.2) is 11.0 Å². The maximum Gasteiger partial charge on any atom is 0.250 e. The average Bonchev–Trinajstić information content (AvgIpc) is 3.32. The number of carbonyl (C=O) groups is 1. The number of hydrazone groups is 1. The van der Waals surface area contributed by atoms with E-state index in [1.54, 1.807) is 6.21 Å². The van der Waals surface area contributed by atoms with Crippen molar-refractivity contribution in [3.05, 3.63) is 88.4 Å². The first-order chi connectivity index (χ1) is 18.8. The van der Waals surface area contributed by atoms with E-state index in [2.05, 4.69) is 62.3 Å². The molecule has 7 nitrogen and oxygen atoms in total. The molecule has 4 rings (SSSR count). The molecule has 4 aromatic rings. The number of nitrogens with zero attached hydrogens (tertiary/aromatic N) is 4. The van der Waals surface area contributed by atoms with Crippen LogP contribution in [0.15, 0.2) is 77.0 Å². The van der Waals surface area contributed by atoms with Gasteiger partial charge < -0.3 is 5.11 Å². The molecule has 0 fully saturated rings. The Bertz CT molecular complexity index is 1480. The predicted molar refractivity (Wildman–Crippen MR) is 164 cm³/mol. The molecule has 0 aliphatic carbocycles. The molecule has 2 N–H and O–H groups in total. The quantitative estimate of drug-likeness (QED) is 0.139. The van der Waals surface area contributed by atoms with E-state index in [0.29, 0.717) is 21.8 Å². The number of benzene rings is 3. The summed E-state index contributed by atoms with van der Waals surface area (Å²) in [6, 6.07) is 21.0. The van der Waals surface area contributed by atoms with Crippen molar-refractivity contribution in [2.75, 3.05) is 5.75 Å². The molecule has 40 heavy (non-hydrogen) atoms. The minimum atomic E-state index is -0.275. The van der Waals surface area contributed by atoms with Gasteiger partial charge in [-0.05, 0) is 64.9 Å². The van der Waals surface area contributed by atoms with Crippen molar-refractivity contribution in [2.45, 2.75) is 57.5 Å². The number of hydrogen-bond acceptors (Lipinski definition) is 6. The van der Waals surface area contributed by atoms with Crippen molar-refractivity contribution in [3.8, 4) is 22.8 Å². The fourth-order valence-corrected chi connectivity index (χ4v) is 5.05. The first-order valence-corrected chi connectivity index (χ1v) is 14.3. The molecule has 9 heteroatoms. The van der Waals surface area contributed by atoms with Gasteiger partial charge in [-0.2, -0.15) is 5.10 Å². The zero-order valence-corrected chi connectivity index (χ0v) is 25.1. The number of aromatic hydroxyl groups is 1. The van der Waals surface area contributed by atoms with Crippen LogP contribution in [0.4, 0.5) is 0 Å². The van der Waals surface area contributed by atoms with Crippen LogP contribution in [-0.4, -0.2) is 37.7 Å². The third-order valence-corrected chi connectivity index (χ3v) is 7.41. The Morgan fingerprint density at radius 1 is 0.975 bits per heavy atom. The second kappa shape index (κ2) is 11.9. The lowest BCUT2D eigenvalue weighted by Crippen LogP contribution is -2.20. The first-order valence-electron chi connectivity index (χ1n) is 12.9. The maximum absolute atomic E-state index is 12.7. The molecule has 0 spiro atoms. The van der Waals surface area contributed by atoms with Gasteiger partial charge in [0.25, 0.3) is 5.91 Å². The molecule has 0 bridgehead atoms. The maximum atomic E-state index is 12.7. The van der Waals surface area contributed by atoms with E-state index >= 15 is 0 Å². The van der Waals surface area contributed by atoms with Gasteiger partial charge in [-0.15, -0.1) is 10.2 Å². The number of phenols is 1. The van der Waals surface area contributed by atoms with Crippen LogP contribution < -0.4 is 5.43 Å². The second-order valence-electron chi connectivity index (χ2n) is 11.5. The zero-order valence-electron chi connectivity index (χ0n) is 23.6. The number of carbonyl (C=O) groups excluding carboxylic acids is 1. The molecule has 0 radical (unpaired) electrons. The minimum Gasteiger partial charge on any atom is -0.507 e. The van der Waals surface area contributed by atoms with Crippen molar-refractivity contribution in [3.63, 3.8) is 0 Å². The predicted octanol–water partition coefficient (Wildman–Crippen LogP) is 7.13. The number of para-hydroxylation sites is 1. The Balaban J connectivity index is 1.51. The SMILES string of the molecule is CC(C)(C)c1cc(C=NNC(=O)CSc2nnc(-c3ccc(Cl)cc3)n2-c2ccccc2)cc(C(C)(C)C)c1O. The van der Waals surface area contributed by atoms with E-state index in [4.69, 9.17) is 11.6 Å². The molecule has 0 unspecified atom stereocenters. The molecule has 1 amide bonds. The summed E-state index contributed by atoms with van der Waals surface area (Å²) in [6.45, 7) is 12.3. The van der Waals surface area contributed by atoms with Crippen LogP contribution in [0.25, 0.3) is 17.1 Å². The van der Waals surface area contributed by atoms with Crippen molar-refractivity contribution in [1.82, 2.24) is 20.2 Å². The summed E-state index contributed by atoms with van der Waals surface area (Å²) in [7, 11) is 0. The molecule has 0 aliphatic heterocycles. The van der Waals surface area contributed by atoms with Crippen molar-refractivity contribution < 1.29 is 9.90 Å². The lowest BCUT2D eigenvalue weighted by Gasteiger charge is -2.27. The van der Waals surface area contributed by atoms with Gasteiger partial charge in [0.05, 0.1) is 12.0 Å². The monoisotopic (exact) mass is 575 g/mol. The summed E-state index contributed by atoms with van der Waals surface area (Å²) in [4.78, 5) is 12.7. The number of rotatable bonds is 7. The molecule has 3 aromatic carbocycles. The Hall–Kier alpha value is -3.62. The third-order valence-electron chi connectivity index (χ3n) is 6.23. The van der Waals surface area contributed by atoms with Crippen LogP contribution in [0.3, 0.4) is 0 Å². The Morgan fingerprint density at radius 3 is 2.15 bits per heavy atom. The van der Waals surface area contributed by atoms with E-state index < -0.39 is 0 Å². The van der Waals surface area contributed by atoms with Gasteiger partial charge in [0.2, 0.25) is 0 Å². The number of hydrogen-bond donors (Lipinski definition) is 2. The molecule has 0 atom stereocenters. The number of phenolic OH excluding ortho intramolecular Hbond substituents is 1. The summed E-state index contributed by atoms with van der Waals surface area (Å²) in [5.74, 6) is 0.778. The molecule has 208 valence electrons. The molecule has 1 heterocycles. The lowest BCUT2D eigenvalue weighted by atomic mass is 9.78. The van der Waals surface area contributed by atoms with Crippen LogP contribution in [0.1, 0.15) is 58.2 Å². The average molecular weight is 576 g/mol. The van der Waals surface area contributed by atoms with Crippen molar-refractivity contribution >= 4 is 35.5 Å². The highest BCUT2D eigenvalue weighted by molar-refractivity contribution is 7.99. The van der Waals surface area contributed by atoms with Crippen molar-refractivity contribution in [2.24, 2.45) is 5.10 Å². The fourth-order valence-electron chi connectivity index (χ4n) is 4.18. The Morgan fingerprint density at radius 2 is 1.57 bits per heavy atom. The summed E-state index contributed by atoms with van der Waals surface area (Å²) in [6.07, 6.45) is 1.61. The fraction of sp³-hybridized carbons (Fsp3) is 0.290. The van der Waals surface area contributed by atoms with Gasteiger partial charge in [0.1, 0.15) is 5.75 Å². The van der Waals surface area contributed by atoms with Gasteiger partial charge in [-0.3, -0.25) is 9.36 Å². The zero-order chi connectivity index (χ0) is 29.1. The summed E-state index contributed by atoms with van der Waals surface area (Å²) < 4.78 is 1.92. The number of halogens is 1. The van der Waals surface area contributed by atoms with Crippen LogP contribution in [0.2, 0.25) is 5.02 Å². The van der Waals surface area contributed by atoms with Crippen LogP contribution in [0, 0.1) is 0 Å². The van der Waals surface area contributed by atoms with Crippen molar-refractivity contribution in [1.29, 1.82) is 0 Å². The normalized spacial score (nSPS) is 12.2. The third kappa shape index (κ3) is 6.92. The smallest absolute Gasteiger partial charge is 0.250 e. The highest BCUT2D eigenvalue weighted by Crippen LogP contribution is 2.39. The van der Waals surface area contributed by atoms with Gasteiger partial charge in [-0.25, -0.2) is 5.43 Å². The van der Waals surface area contributed by atoms with Crippen LogP contribution in [0.5, 0.6) is 5.75 Å². The van der Waals surface area contributed by atoms with Crippen LogP contribution >= 0.6 is 23.4 Å². The van der Waals surface area contributed by atoms with E-state index in [-0.39, 0.29) is 22.5 Å². The van der Waals surface area contributed by atoms with Gasteiger partial charge in [0, 0.05) is 27.4 Å². The number of aromatic nitrogens is 3. The summed E-state index contributed by atoms with van der Waals surface area (Å²) in [5, 5.41) is 25.1. The molecular weight excluding hydrogens is 542 g/mol. The highest BCUT2D eigenvalue weighted by atomic mass is 35.5. The molecule has 0 aliphatic rings. The largest absolute Gasteiger partial charge is 0.507 e. The number of nitrogens with one attached hydrogen (secondary N) is 1. The minimum absolute atomic E-state index is 0.0962. The highest BCUT2D eigenvalue weighted by Gasteiger charge is 2.26. The molecule has 1 aromatic heterocycles. The standard InChI is InChI=1S/C31H34ClN5O2S/c1-30(2,3)24-16-20(17-25(27(24)39)31(4,5)6)18-33-34-26(38)19-40-29-36-35-28(21-12-14-22(32)15-13-21)37(29)23-10-8-7-9-11-23/h7-18,39H,19H2,1-6H3,(H,34,38). The number of thioether (sulfide) groups is 1. The molecular formula is C31H34ClN5O2S. The number of amides is 1.